The summed E-state index contributed by atoms with van der Waals surface area (Å²) in [5, 5.41) is 13.1. The summed E-state index contributed by atoms with van der Waals surface area (Å²) in [5.41, 5.74) is 0.760. The van der Waals surface area contributed by atoms with Gasteiger partial charge in [0.25, 0.3) is 5.56 Å². The van der Waals surface area contributed by atoms with Crippen molar-refractivity contribution in [2.75, 3.05) is 13.2 Å². The van der Waals surface area contributed by atoms with Crippen LogP contribution in [0.25, 0.3) is 10.2 Å². The number of hydrogen-bond donors (Lipinski definition) is 3. The Morgan fingerprint density at radius 1 is 1.40 bits per heavy atom. The summed E-state index contributed by atoms with van der Waals surface area (Å²) in [4.78, 5) is 21.3. The Morgan fingerprint density at radius 2 is 2.10 bits per heavy atom. The number of aliphatic hydroxyl groups is 1. The lowest BCUT2D eigenvalue weighted by Crippen LogP contribution is -2.32. The van der Waals surface area contributed by atoms with Crippen molar-refractivity contribution in [1.29, 1.82) is 0 Å². The van der Waals surface area contributed by atoms with Gasteiger partial charge in [-0.25, -0.2) is 4.98 Å². The maximum Gasteiger partial charge on any atom is 0.259 e. The lowest BCUT2D eigenvalue weighted by atomic mass is 9.95. The number of aromatic amines is 1. The second kappa shape index (κ2) is 5.63. The highest BCUT2D eigenvalue weighted by atomic mass is 32.1. The average molecular weight is 295 g/mol. The van der Waals surface area contributed by atoms with E-state index in [1.165, 1.54) is 0 Å². The molecule has 5 nitrogen and oxygen atoms in total. The number of rotatable bonds is 5. The molecular formula is C14H21N3O2S. The van der Waals surface area contributed by atoms with Crippen LogP contribution in [-0.2, 0) is 6.54 Å². The number of aromatic nitrogens is 2. The number of fused-ring (bicyclic) bond motifs is 1. The van der Waals surface area contributed by atoms with Crippen LogP contribution in [0.5, 0.6) is 0 Å². The molecule has 0 atom stereocenters. The van der Waals surface area contributed by atoms with Gasteiger partial charge in [-0.15, -0.1) is 11.3 Å². The van der Waals surface area contributed by atoms with E-state index in [-0.39, 0.29) is 17.6 Å². The predicted molar refractivity (Wildman–Crippen MR) is 82.3 cm³/mol. The molecule has 0 spiro atoms. The van der Waals surface area contributed by atoms with Gasteiger partial charge in [0.2, 0.25) is 0 Å². The lowest BCUT2D eigenvalue weighted by Gasteiger charge is -2.21. The minimum Gasteiger partial charge on any atom is -0.396 e. The van der Waals surface area contributed by atoms with E-state index in [0.29, 0.717) is 24.3 Å². The highest BCUT2D eigenvalue weighted by molar-refractivity contribution is 7.18. The van der Waals surface area contributed by atoms with E-state index in [1.807, 2.05) is 27.7 Å². The molecule has 20 heavy (non-hydrogen) atoms. The molecule has 2 heterocycles. The van der Waals surface area contributed by atoms with Crippen molar-refractivity contribution in [2.24, 2.45) is 5.41 Å². The van der Waals surface area contributed by atoms with E-state index >= 15 is 0 Å². The Kier molecular flexibility index (Phi) is 4.27. The maximum atomic E-state index is 12.1. The van der Waals surface area contributed by atoms with Crippen LogP contribution < -0.4 is 10.9 Å². The van der Waals surface area contributed by atoms with Gasteiger partial charge in [-0.2, -0.15) is 0 Å². The van der Waals surface area contributed by atoms with Gasteiger partial charge in [-0.05, 0) is 19.4 Å². The summed E-state index contributed by atoms with van der Waals surface area (Å²) in [6.45, 7) is 9.18. The second-order valence-corrected chi connectivity index (χ2v) is 7.11. The quantitative estimate of drug-likeness (QED) is 0.784. The fourth-order valence-electron chi connectivity index (χ4n) is 1.96. The SMILES string of the molecule is Cc1sc2nc(CNCC(C)(C)CO)[nH]c(=O)c2c1C. The Hall–Kier alpha value is -1.24. The van der Waals surface area contributed by atoms with Crippen molar-refractivity contribution < 1.29 is 5.11 Å². The molecule has 0 aromatic carbocycles. The van der Waals surface area contributed by atoms with Crippen molar-refractivity contribution in [3.8, 4) is 0 Å². The number of aryl methyl sites for hydroxylation is 2. The topological polar surface area (TPSA) is 78.0 Å². The molecule has 6 heteroatoms. The summed E-state index contributed by atoms with van der Waals surface area (Å²) >= 11 is 1.55. The van der Waals surface area contributed by atoms with Crippen LogP contribution in [0.2, 0.25) is 0 Å². The zero-order chi connectivity index (χ0) is 14.9. The minimum absolute atomic E-state index is 0.0740. The zero-order valence-electron chi connectivity index (χ0n) is 12.3. The fourth-order valence-corrected chi connectivity index (χ4v) is 3.01. The molecule has 2 aromatic heterocycles. The molecule has 0 aliphatic rings. The number of hydrogen-bond acceptors (Lipinski definition) is 5. The summed E-state index contributed by atoms with van der Waals surface area (Å²) in [6.07, 6.45) is 0. The molecule has 3 N–H and O–H groups in total. The number of nitrogens with one attached hydrogen (secondary N) is 2. The lowest BCUT2D eigenvalue weighted by molar-refractivity contribution is 0.156. The van der Waals surface area contributed by atoms with Crippen LogP contribution in [0.3, 0.4) is 0 Å². The van der Waals surface area contributed by atoms with Crippen LogP contribution in [-0.4, -0.2) is 28.2 Å². The molecule has 0 bridgehead atoms. The monoisotopic (exact) mass is 295 g/mol. The molecule has 0 fully saturated rings. The van der Waals surface area contributed by atoms with Crippen molar-refractivity contribution in [1.82, 2.24) is 15.3 Å². The van der Waals surface area contributed by atoms with Gasteiger partial charge in [0.1, 0.15) is 10.7 Å². The number of nitrogens with zero attached hydrogens (tertiary/aromatic N) is 1. The standard InChI is InChI=1S/C14H21N3O2S/c1-8-9(2)20-13-11(8)12(19)16-10(17-13)5-15-6-14(3,4)7-18/h15,18H,5-7H2,1-4H3,(H,16,17,19). The van der Waals surface area contributed by atoms with E-state index in [4.69, 9.17) is 0 Å². The Bertz CT molecular complexity index is 673. The summed E-state index contributed by atoms with van der Waals surface area (Å²) in [7, 11) is 0. The number of aliphatic hydroxyl groups excluding tert-OH is 1. The van der Waals surface area contributed by atoms with E-state index in [1.54, 1.807) is 11.3 Å². The smallest absolute Gasteiger partial charge is 0.259 e. The molecule has 0 aliphatic carbocycles. The molecule has 0 aliphatic heterocycles. The highest BCUT2D eigenvalue weighted by Gasteiger charge is 2.16. The maximum absolute atomic E-state index is 12.1. The van der Waals surface area contributed by atoms with Crippen molar-refractivity contribution in [3.05, 3.63) is 26.6 Å². The first-order chi connectivity index (χ1) is 9.34. The molecule has 2 rings (SSSR count). The van der Waals surface area contributed by atoms with E-state index < -0.39 is 0 Å². The minimum atomic E-state index is -0.180. The van der Waals surface area contributed by atoms with E-state index in [9.17, 15) is 9.90 Å². The van der Waals surface area contributed by atoms with Crippen LogP contribution in [0, 0.1) is 19.3 Å². The van der Waals surface area contributed by atoms with E-state index in [0.717, 1.165) is 15.3 Å². The third kappa shape index (κ3) is 3.08. The number of H-pyrrole nitrogens is 1. The molecular weight excluding hydrogens is 274 g/mol. The third-order valence-corrected chi connectivity index (χ3v) is 4.51. The second-order valence-electron chi connectivity index (χ2n) is 5.90. The van der Waals surface area contributed by atoms with Gasteiger partial charge in [0.05, 0.1) is 11.9 Å². The normalized spacial score (nSPS) is 12.2. The van der Waals surface area contributed by atoms with Crippen LogP contribution in [0.1, 0.15) is 30.1 Å². The van der Waals surface area contributed by atoms with Gasteiger partial charge in [0.15, 0.2) is 0 Å². The summed E-state index contributed by atoms with van der Waals surface area (Å²) in [6, 6.07) is 0. The largest absolute Gasteiger partial charge is 0.396 e. The van der Waals surface area contributed by atoms with Gasteiger partial charge >= 0.3 is 0 Å². The highest BCUT2D eigenvalue weighted by Crippen LogP contribution is 2.25. The average Bonchev–Trinajstić information content (AvgIpc) is 2.65. The zero-order valence-corrected chi connectivity index (χ0v) is 13.1. The van der Waals surface area contributed by atoms with Crippen LogP contribution in [0.15, 0.2) is 4.79 Å². The first-order valence-electron chi connectivity index (χ1n) is 6.64. The molecule has 110 valence electrons. The van der Waals surface area contributed by atoms with Crippen molar-refractivity contribution in [3.63, 3.8) is 0 Å². The first kappa shape index (κ1) is 15.2. The Balaban J connectivity index is 2.18. The van der Waals surface area contributed by atoms with Gasteiger partial charge in [0, 0.05) is 23.4 Å². The molecule has 0 radical (unpaired) electrons. The van der Waals surface area contributed by atoms with Crippen molar-refractivity contribution in [2.45, 2.75) is 34.2 Å². The number of thiophene rings is 1. The van der Waals surface area contributed by atoms with E-state index in [2.05, 4.69) is 15.3 Å². The summed E-state index contributed by atoms with van der Waals surface area (Å²) < 4.78 is 0. The summed E-state index contributed by atoms with van der Waals surface area (Å²) in [5.74, 6) is 0.637. The van der Waals surface area contributed by atoms with Crippen molar-refractivity contribution >= 4 is 21.6 Å². The Morgan fingerprint density at radius 3 is 2.75 bits per heavy atom. The van der Waals surface area contributed by atoms with Gasteiger partial charge in [-0.1, -0.05) is 13.8 Å². The first-order valence-corrected chi connectivity index (χ1v) is 7.46. The Labute approximate surface area is 122 Å². The molecule has 0 unspecified atom stereocenters. The van der Waals surface area contributed by atoms with Crippen LogP contribution in [0.4, 0.5) is 0 Å². The van der Waals surface area contributed by atoms with Crippen LogP contribution >= 0.6 is 11.3 Å². The fraction of sp³-hybridized carbons (Fsp3) is 0.571. The molecule has 0 saturated carbocycles. The molecule has 2 aromatic rings. The molecule has 0 amide bonds. The molecule has 0 saturated heterocycles. The van der Waals surface area contributed by atoms with Gasteiger partial charge < -0.3 is 15.4 Å². The van der Waals surface area contributed by atoms with Gasteiger partial charge in [-0.3, -0.25) is 4.79 Å². The third-order valence-electron chi connectivity index (χ3n) is 3.41. The predicted octanol–water partition coefficient (Wildman–Crippen LogP) is 1.71.